The van der Waals surface area contributed by atoms with E-state index < -0.39 is 43.6 Å². The molecule has 4 aromatic rings. The Bertz CT molecular complexity index is 1420. The number of aromatic carboxylic acids is 4. The lowest BCUT2D eigenvalue weighted by atomic mass is 10.2. The van der Waals surface area contributed by atoms with Crippen LogP contribution in [0.4, 0.5) is 22.7 Å². The van der Waals surface area contributed by atoms with Crippen molar-refractivity contribution in [3.63, 3.8) is 0 Å². The Morgan fingerprint density at radius 2 is 0.460 bits per heavy atom. The smallest absolute Gasteiger partial charge is 0.335 e. The van der Waals surface area contributed by atoms with Gasteiger partial charge in [-0.1, -0.05) is 0 Å². The van der Waals surface area contributed by atoms with Crippen LogP contribution in [0.3, 0.4) is 0 Å². The highest BCUT2D eigenvalue weighted by Crippen LogP contribution is 2.14. The Balaban J connectivity index is 0. The molecule has 0 aliphatic heterocycles. The van der Waals surface area contributed by atoms with Crippen LogP contribution in [0.25, 0.3) is 0 Å². The molecule has 0 saturated carbocycles. The number of nitro benzene ring substituents is 4. The van der Waals surface area contributed by atoms with Crippen molar-refractivity contribution in [2.45, 2.75) is 0 Å². The molecular weight excluding hydrogens is 712 g/mol. The van der Waals surface area contributed by atoms with Gasteiger partial charge in [-0.05, 0) is 48.5 Å². The number of hydrogen-bond acceptors (Lipinski definition) is 12. The van der Waals surface area contributed by atoms with Gasteiger partial charge in [0, 0.05) is 48.5 Å². The zero-order valence-electron chi connectivity index (χ0n) is 24.5. The summed E-state index contributed by atoms with van der Waals surface area (Å²) >= 11 is 0. The largest absolute Gasteiger partial charge is 2.00 e. The van der Waals surface area contributed by atoms with Crippen LogP contribution in [0.2, 0.25) is 0 Å². The van der Waals surface area contributed by atoms with Crippen LogP contribution in [0.5, 0.6) is 0 Å². The Hall–Kier alpha value is -6.94. The van der Waals surface area contributed by atoms with Gasteiger partial charge in [0.15, 0.2) is 0 Å². The number of rotatable bonds is 8. The first-order valence-electron chi connectivity index (χ1n) is 12.4. The lowest BCUT2D eigenvalue weighted by molar-refractivity contribution is -0.385. The molecule has 0 radical (unpaired) electrons. The highest BCUT2D eigenvalue weighted by molar-refractivity contribution is 7.37. The molecule has 0 fully saturated rings. The molecule has 4 rings (SSSR count). The average molecular weight is 733 g/mol. The molecule has 0 spiro atoms. The molecule has 0 unspecified atom stereocenters. The summed E-state index contributed by atoms with van der Waals surface area (Å²) in [5.41, 5.74) is -0.276. The van der Waals surface area contributed by atoms with Gasteiger partial charge in [0.2, 0.25) is 0 Å². The molecule has 0 aliphatic rings. The van der Waals surface area contributed by atoms with E-state index in [4.69, 9.17) is 20.4 Å². The summed E-state index contributed by atoms with van der Waals surface area (Å²) in [6.45, 7) is 0. The molecule has 4 aromatic carbocycles. The van der Waals surface area contributed by atoms with E-state index in [1.807, 2.05) is 0 Å². The lowest BCUT2D eigenvalue weighted by Gasteiger charge is -2.00. The summed E-state index contributed by atoms with van der Waals surface area (Å²) < 4.78 is 0. The molecule has 50 heavy (non-hydrogen) atoms. The van der Waals surface area contributed by atoms with Gasteiger partial charge in [-0.3, -0.25) is 40.5 Å². The molecule has 0 bridgehead atoms. The van der Waals surface area contributed by atoms with E-state index >= 15 is 0 Å². The predicted molar refractivity (Wildman–Crippen MR) is 175 cm³/mol. The summed E-state index contributed by atoms with van der Waals surface area (Å²) in [6.07, 6.45) is 0. The second-order valence-electron chi connectivity index (χ2n) is 8.44. The van der Waals surface area contributed by atoms with Gasteiger partial charge in [0.25, 0.3) is 22.7 Å². The molecule has 0 heterocycles. The molecule has 22 heteroatoms. The van der Waals surface area contributed by atoms with E-state index in [0.717, 1.165) is 48.5 Å². The number of non-ortho nitro benzene ring substituents is 4. The first-order chi connectivity index (χ1) is 22.4. The molecule has 0 saturated heterocycles. The maximum absolute atomic E-state index is 10.3. The topological polar surface area (TPSA) is 322 Å². The van der Waals surface area contributed by atoms with Gasteiger partial charge in [0.1, 0.15) is 0 Å². The van der Waals surface area contributed by atoms with E-state index in [2.05, 4.69) is 0 Å². The van der Waals surface area contributed by atoms with Crippen molar-refractivity contribution in [3.8, 4) is 0 Å². The van der Waals surface area contributed by atoms with E-state index in [-0.39, 0.29) is 72.0 Å². The molecular formula is C28H20N4O16S2-4. The highest BCUT2D eigenvalue weighted by Gasteiger charge is 2.09. The fraction of sp³-hybridized carbons (Fsp3) is 0. The molecule has 0 aliphatic carbocycles. The van der Waals surface area contributed by atoms with Gasteiger partial charge in [0.05, 0.1) is 41.9 Å². The highest BCUT2D eigenvalue weighted by atomic mass is 32.1. The van der Waals surface area contributed by atoms with E-state index in [0.29, 0.717) is 0 Å². The number of carboxylic acid groups (broad SMARTS) is 4. The zero-order chi connectivity index (χ0) is 36.6. The van der Waals surface area contributed by atoms with Crippen LogP contribution in [-0.2, 0) is 27.0 Å². The molecule has 0 aromatic heterocycles. The van der Waals surface area contributed by atoms with Gasteiger partial charge in [-0.2, -0.15) is 0 Å². The van der Waals surface area contributed by atoms with Crippen molar-refractivity contribution in [1.29, 1.82) is 0 Å². The third kappa shape index (κ3) is 15.6. The van der Waals surface area contributed by atoms with Gasteiger partial charge in [-0.15, -0.1) is 0 Å². The van der Waals surface area contributed by atoms with E-state index in [9.17, 15) is 59.6 Å². The van der Waals surface area contributed by atoms with Crippen LogP contribution in [0, 0.1) is 40.5 Å². The molecule has 20 nitrogen and oxygen atoms in total. The fourth-order valence-electron chi connectivity index (χ4n) is 2.90. The predicted octanol–water partition coefficient (Wildman–Crippen LogP) is 5.17. The van der Waals surface area contributed by atoms with Crippen molar-refractivity contribution < 1.29 is 59.3 Å². The zero-order valence-corrected chi connectivity index (χ0v) is 26.2. The minimum absolute atomic E-state index is 0. The maximum Gasteiger partial charge on any atom is 0.335 e. The van der Waals surface area contributed by atoms with Gasteiger partial charge in [-0.25, -0.2) is 19.2 Å². The van der Waals surface area contributed by atoms with Crippen LogP contribution in [0.15, 0.2) is 97.1 Å². The monoisotopic (exact) mass is 732 g/mol. The fourth-order valence-corrected chi connectivity index (χ4v) is 2.90. The molecule has 264 valence electrons. The van der Waals surface area contributed by atoms with Crippen molar-refractivity contribution in [2.75, 3.05) is 0 Å². The van der Waals surface area contributed by atoms with Crippen LogP contribution < -0.4 is 0 Å². The number of carbonyl (C=O) groups is 4. The van der Waals surface area contributed by atoms with Crippen molar-refractivity contribution >= 4 is 73.6 Å². The third-order valence-electron chi connectivity index (χ3n) is 5.30. The van der Waals surface area contributed by atoms with E-state index in [1.165, 1.54) is 48.5 Å². The van der Waals surface area contributed by atoms with Crippen molar-refractivity contribution in [2.24, 2.45) is 0 Å². The molecule has 4 N–H and O–H groups in total. The van der Waals surface area contributed by atoms with Crippen LogP contribution in [0.1, 0.15) is 41.4 Å². The second kappa shape index (κ2) is 21.8. The third-order valence-corrected chi connectivity index (χ3v) is 5.30. The van der Waals surface area contributed by atoms with Crippen molar-refractivity contribution in [1.82, 2.24) is 0 Å². The Labute approximate surface area is 292 Å². The average Bonchev–Trinajstić information content (AvgIpc) is 3.05. The summed E-state index contributed by atoms with van der Waals surface area (Å²) in [7, 11) is 0. The molecule has 0 amide bonds. The van der Waals surface area contributed by atoms with Gasteiger partial charge >= 0.3 is 23.9 Å². The minimum Gasteiger partial charge on any atom is -2.00 e. The summed E-state index contributed by atoms with van der Waals surface area (Å²) in [4.78, 5) is 79.5. The second-order valence-corrected chi connectivity index (χ2v) is 8.44. The quantitative estimate of drug-likeness (QED) is 0.134. The van der Waals surface area contributed by atoms with Crippen molar-refractivity contribution in [3.05, 3.63) is 160 Å². The number of nitro groups is 4. The normalized spacial score (nSPS) is 8.96. The van der Waals surface area contributed by atoms with Crippen LogP contribution >= 0.6 is 0 Å². The lowest BCUT2D eigenvalue weighted by Crippen LogP contribution is -1.96. The van der Waals surface area contributed by atoms with E-state index in [1.54, 1.807) is 0 Å². The van der Waals surface area contributed by atoms with Gasteiger partial charge < -0.3 is 47.4 Å². The Morgan fingerprint density at radius 3 is 0.540 bits per heavy atom. The van der Waals surface area contributed by atoms with Crippen LogP contribution in [-0.4, -0.2) is 64.0 Å². The standard InChI is InChI=1S/4C7H5NO4.2S/c4*9-7(10)5-1-3-6(4-2-5)8(11)12;;/h4*1-4H,(H,9,10);;/q;;;;2*-2. The SMILES string of the molecule is O=C(O)c1ccc([N+](=O)[O-])cc1.O=C(O)c1ccc([N+](=O)[O-])cc1.O=C(O)c1ccc([N+](=O)[O-])cc1.O=C(O)c1ccc([N+](=O)[O-])cc1.[S-2].[S-2]. The number of nitrogens with zero attached hydrogens (tertiary/aromatic N) is 4. The molecule has 0 atom stereocenters. The number of hydrogen-bond donors (Lipinski definition) is 4. The first kappa shape index (κ1) is 45.2. The summed E-state index contributed by atoms with van der Waals surface area (Å²) in [5, 5.41) is 74.3. The Morgan fingerprint density at radius 1 is 0.340 bits per heavy atom. The number of carboxylic acids is 4. The Kier molecular flexibility index (Phi) is 19.7. The maximum atomic E-state index is 10.3. The first-order valence-corrected chi connectivity index (χ1v) is 12.4. The summed E-state index contributed by atoms with van der Waals surface area (Å²) in [5.74, 6) is -4.37. The number of benzene rings is 4. The summed E-state index contributed by atoms with van der Waals surface area (Å²) in [6, 6.07) is 18.8. The minimum atomic E-state index is -1.09.